The van der Waals surface area contributed by atoms with Crippen LogP contribution in [0.3, 0.4) is 0 Å². The van der Waals surface area contributed by atoms with Crippen LogP contribution in [0.1, 0.15) is 15.9 Å². The first-order valence-electron chi connectivity index (χ1n) is 7.52. The van der Waals surface area contributed by atoms with Gasteiger partial charge in [-0.3, -0.25) is 0 Å². The predicted molar refractivity (Wildman–Crippen MR) is 98.1 cm³/mol. The first-order valence-corrected chi connectivity index (χ1v) is 8.32. The highest BCUT2D eigenvalue weighted by molar-refractivity contribution is 9.10. The number of nitrogens with one attached hydrogen (secondary N) is 1. The van der Waals surface area contributed by atoms with Gasteiger partial charge in [-0.15, -0.1) is 0 Å². The Hall–Kier alpha value is -2.80. The quantitative estimate of drug-likeness (QED) is 0.660. The Balaban J connectivity index is 1.73. The number of carbonyl (C=O) groups excluding carboxylic acids is 1. The number of esters is 1. The van der Waals surface area contributed by atoms with Crippen molar-refractivity contribution in [3.05, 3.63) is 70.5 Å². The van der Waals surface area contributed by atoms with Gasteiger partial charge in [0.15, 0.2) is 5.82 Å². The molecular weight excluding hydrogens is 384 g/mol. The minimum absolute atomic E-state index is 0.370. The van der Waals surface area contributed by atoms with Gasteiger partial charge in [-0.05, 0) is 17.7 Å². The van der Waals surface area contributed by atoms with Gasteiger partial charge >= 0.3 is 5.97 Å². The maximum Gasteiger partial charge on any atom is 0.337 e. The molecule has 1 heterocycles. The molecule has 7 heteroatoms. The summed E-state index contributed by atoms with van der Waals surface area (Å²) in [6, 6.07) is 15.0. The number of halogens is 1. The lowest BCUT2D eigenvalue weighted by Crippen LogP contribution is -2.07. The average molecular weight is 399 g/mol. The second-order valence-corrected chi connectivity index (χ2v) is 6.00. The number of carbonyl (C=O) groups is 1. The van der Waals surface area contributed by atoms with E-state index >= 15 is 0 Å². The maximum atomic E-state index is 11.5. The SMILES string of the molecule is COC(=O)c1ccc(CNc2ncnc(-c3ccccc3)n2)c(Br)c1. The first-order chi connectivity index (χ1) is 12.2. The van der Waals surface area contributed by atoms with Crippen LogP contribution in [-0.4, -0.2) is 28.0 Å². The van der Waals surface area contributed by atoms with E-state index in [1.807, 2.05) is 36.4 Å². The highest BCUT2D eigenvalue weighted by Gasteiger charge is 2.09. The fourth-order valence-electron chi connectivity index (χ4n) is 2.22. The van der Waals surface area contributed by atoms with E-state index in [4.69, 9.17) is 4.74 Å². The summed E-state index contributed by atoms with van der Waals surface area (Å²) in [4.78, 5) is 24.3. The molecule has 6 nitrogen and oxygen atoms in total. The van der Waals surface area contributed by atoms with Crippen molar-refractivity contribution in [3.63, 3.8) is 0 Å². The number of benzene rings is 2. The molecule has 0 saturated carbocycles. The van der Waals surface area contributed by atoms with Crippen LogP contribution in [0.5, 0.6) is 0 Å². The molecule has 1 N–H and O–H groups in total. The Bertz CT molecular complexity index is 887. The molecule has 1 aromatic heterocycles. The molecule has 0 aliphatic rings. The van der Waals surface area contributed by atoms with Crippen LogP contribution >= 0.6 is 15.9 Å². The van der Waals surface area contributed by atoms with E-state index in [0.29, 0.717) is 23.9 Å². The van der Waals surface area contributed by atoms with Crippen molar-refractivity contribution in [3.8, 4) is 11.4 Å². The predicted octanol–water partition coefficient (Wildman–Crippen LogP) is 3.70. The van der Waals surface area contributed by atoms with Crippen LogP contribution < -0.4 is 5.32 Å². The lowest BCUT2D eigenvalue weighted by atomic mass is 10.1. The Labute approximate surface area is 153 Å². The van der Waals surface area contributed by atoms with Crippen LogP contribution in [-0.2, 0) is 11.3 Å². The second-order valence-electron chi connectivity index (χ2n) is 5.15. The van der Waals surface area contributed by atoms with Gasteiger partial charge in [-0.25, -0.2) is 14.8 Å². The van der Waals surface area contributed by atoms with Crippen molar-refractivity contribution in [2.75, 3.05) is 12.4 Å². The lowest BCUT2D eigenvalue weighted by molar-refractivity contribution is 0.0600. The topological polar surface area (TPSA) is 77.0 Å². The zero-order chi connectivity index (χ0) is 17.6. The number of hydrogen-bond donors (Lipinski definition) is 1. The van der Waals surface area contributed by atoms with Crippen LogP contribution in [0.2, 0.25) is 0 Å². The average Bonchev–Trinajstić information content (AvgIpc) is 2.67. The van der Waals surface area contributed by atoms with Crippen molar-refractivity contribution >= 4 is 27.8 Å². The van der Waals surface area contributed by atoms with Crippen LogP contribution in [0.4, 0.5) is 5.95 Å². The van der Waals surface area contributed by atoms with Crippen molar-refractivity contribution in [2.24, 2.45) is 0 Å². The number of nitrogens with zero attached hydrogens (tertiary/aromatic N) is 3. The van der Waals surface area contributed by atoms with Gasteiger partial charge in [0.2, 0.25) is 5.95 Å². The molecule has 0 spiro atoms. The monoisotopic (exact) mass is 398 g/mol. The van der Waals surface area contributed by atoms with Gasteiger partial charge in [0.25, 0.3) is 0 Å². The molecule has 0 radical (unpaired) electrons. The molecule has 0 bridgehead atoms. The first kappa shape index (κ1) is 17.0. The number of hydrogen-bond acceptors (Lipinski definition) is 6. The van der Waals surface area contributed by atoms with Crippen molar-refractivity contribution in [2.45, 2.75) is 6.54 Å². The molecule has 0 unspecified atom stereocenters. The third kappa shape index (κ3) is 4.19. The largest absolute Gasteiger partial charge is 0.465 e. The molecule has 25 heavy (non-hydrogen) atoms. The summed E-state index contributed by atoms with van der Waals surface area (Å²) in [6.45, 7) is 0.500. The van der Waals surface area contributed by atoms with Gasteiger partial charge in [-0.2, -0.15) is 4.98 Å². The summed E-state index contributed by atoms with van der Waals surface area (Å²) in [6.07, 6.45) is 1.48. The minimum Gasteiger partial charge on any atom is -0.465 e. The van der Waals surface area contributed by atoms with Crippen molar-refractivity contribution in [1.82, 2.24) is 15.0 Å². The highest BCUT2D eigenvalue weighted by Crippen LogP contribution is 2.20. The van der Waals surface area contributed by atoms with E-state index in [9.17, 15) is 4.79 Å². The van der Waals surface area contributed by atoms with E-state index in [1.54, 1.807) is 12.1 Å². The minimum atomic E-state index is -0.370. The summed E-state index contributed by atoms with van der Waals surface area (Å²) >= 11 is 3.47. The number of anilines is 1. The lowest BCUT2D eigenvalue weighted by Gasteiger charge is -2.09. The van der Waals surface area contributed by atoms with Gasteiger partial charge in [0, 0.05) is 16.6 Å². The summed E-state index contributed by atoms with van der Waals surface area (Å²) in [5.74, 6) is 0.723. The Kier molecular flexibility index (Phi) is 5.35. The summed E-state index contributed by atoms with van der Waals surface area (Å²) in [5.41, 5.74) is 2.38. The van der Waals surface area contributed by atoms with E-state index in [1.165, 1.54) is 13.4 Å². The van der Waals surface area contributed by atoms with Gasteiger partial charge in [-0.1, -0.05) is 52.3 Å². The Morgan fingerprint density at radius 1 is 1.16 bits per heavy atom. The van der Waals surface area contributed by atoms with Gasteiger partial charge in [0.1, 0.15) is 6.33 Å². The standard InChI is InChI=1S/C18H15BrN4O2/c1-25-17(24)13-7-8-14(15(19)9-13)10-20-18-22-11-21-16(23-18)12-5-3-2-4-6-12/h2-9,11H,10H2,1H3,(H,20,21,22,23). The fraction of sp³-hybridized carbons (Fsp3) is 0.111. The number of rotatable bonds is 5. The molecule has 2 aromatic carbocycles. The van der Waals surface area contributed by atoms with Crippen molar-refractivity contribution in [1.29, 1.82) is 0 Å². The highest BCUT2D eigenvalue weighted by atomic mass is 79.9. The third-order valence-corrected chi connectivity index (χ3v) is 4.25. The van der Waals surface area contributed by atoms with Crippen LogP contribution in [0, 0.1) is 0 Å². The maximum absolute atomic E-state index is 11.5. The Morgan fingerprint density at radius 3 is 2.68 bits per heavy atom. The van der Waals surface area contributed by atoms with Crippen LogP contribution in [0.15, 0.2) is 59.3 Å². The molecule has 0 aliphatic heterocycles. The van der Waals surface area contributed by atoms with E-state index in [-0.39, 0.29) is 5.97 Å². The summed E-state index contributed by atoms with van der Waals surface area (Å²) < 4.78 is 5.52. The van der Waals surface area contributed by atoms with Gasteiger partial charge < -0.3 is 10.1 Å². The number of ether oxygens (including phenoxy) is 1. The normalized spacial score (nSPS) is 10.3. The molecule has 3 rings (SSSR count). The van der Waals surface area contributed by atoms with E-state index < -0.39 is 0 Å². The third-order valence-electron chi connectivity index (χ3n) is 3.51. The van der Waals surface area contributed by atoms with Crippen LogP contribution in [0.25, 0.3) is 11.4 Å². The zero-order valence-electron chi connectivity index (χ0n) is 13.4. The second kappa shape index (κ2) is 7.85. The number of methoxy groups -OCH3 is 1. The molecule has 0 saturated heterocycles. The van der Waals surface area contributed by atoms with Crippen molar-refractivity contribution < 1.29 is 9.53 Å². The van der Waals surface area contributed by atoms with Gasteiger partial charge in [0.05, 0.1) is 12.7 Å². The molecular formula is C18H15BrN4O2. The summed E-state index contributed by atoms with van der Waals surface area (Å²) in [5, 5.41) is 3.17. The molecule has 0 aliphatic carbocycles. The molecule has 0 atom stereocenters. The van der Waals surface area contributed by atoms with E-state index in [2.05, 4.69) is 36.2 Å². The zero-order valence-corrected chi connectivity index (χ0v) is 15.0. The molecule has 3 aromatic rings. The molecule has 0 fully saturated rings. The number of aromatic nitrogens is 3. The fourth-order valence-corrected chi connectivity index (χ4v) is 2.74. The smallest absolute Gasteiger partial charge is 0.337 e. The molecule has 0 amide bonds. The summed E-state index contributed by atoms with van der Waals surface area (Å²) in [7, 11) is 1.36. The molecule has 126 valence electrons. The Morgan fingerprint density at radius 2 is 1.96 bits per heavy atom. The van der Waals surface area contributed by atoms with E-state index in [0.717, 1.165) is 15.6 Å².